The number of nitrogens with zero attached hydrogens (tertiary/aromatic N) is 1. The van der Waals surface area contributed by atoms with Gasteiger partial charge in [0.05, 0.1) is 19.1 Å². The monoisotopic (exact) mass is 528 g/mol. The molecule has 13 heteroatoms. The van der Waals surface area contributed by atoms with E-state index < -0.39 is 74.7 Å². The fourth-order valence-electron chi connectivity index (χ4n) is 3.61. The van der Waals surface area contributed by atoms with Crippen LogP contribution in [-0.2, 0) is 32.9 Å². The number of aliphatic hydroxyl groups is 1. The number of carbonyl (C=O) groups is 3. The number of esters is 1. The van der Waals surface area contributed by atoms with Crippen molar-refractivity contribution in [1.82, 2.24) is 9.99 Å². The number of para-hydroxylation sites is 1. The van der Waals surface area contributed by atoms with Gasteiger partial charge in [-0.1, -0.05) is 18.2 Å². The van der Waals surface area contributed by atoms with Crippen molar-refractivity contribution in [1.29, 1.82) is 0 Å². The molecule has 2 aliphatic rings. The number of ether oxygens (including phenoxy) is 2. The molecule has 1 fully saturated rings. The van der Waals surface area contributed by atoms with E-state index >= 15 is 4.39 Å². The van der Waals surface area contributed by atoms with Crippen LogP contribution in [0.15, 0.2) is 42.6 Å². The van der Waals surface area contributed by atoms with Gasteiger partial charge in [0.15, 0.2) is 17.7 Å². The Morgan fingerprint density at radius 3 is 2.58 bits per heavy atom. The largest absolute Gasteiger partial charge is 0.462 e. The Morgan fingerprint density at radius 1 is 1.31 bits per heavy atom. The van der Waals surface area contributed by atoms with Gasteiger partial charge in [-0.05, 0) is 45.9 Å². The lowest BCUT2D eigenvalue weighted by Gasteiger charge is -2.32. The Bertz CT molecular complexity index is 1050. The number of rotatable bonds is 10. The van der Waals surface area contributed by atoms with Gasteiger partial charge in [-0.2, -0.15) is 5.09 Å². The zero-order chi connectivity index (χ0) is 26.7. The number of hydrogen-bond donors (Lipinski definition) is 2. The molecule has 2 N–H and O–H groups in total. The number of ketones is 1. The first-order valence-electron chi connectivity index (χ1n) is 11.3. The Labute approximate surface area is 208 Å². The summed E-state index contributed by atoms with van der Waals surface area (Å²) in [5, 5.41) is 13.1. The molecular formula is C23H30FN2O9P. The summed E-state index contributed by atoms with van der Waals surface area (Å²) in [4.78, 5) is 36.9. The van der Waals surface area contributed by atoms with Crippen LogP contribution >= 0.6 is 7.75 Å². The normalized spacial score (nSPS) is 28.8. The van der Waals surface area contributed by atoms with Crippen molar-refractivity contribution in [3.63, 3.8) is 0 Å². The highest BCUT2D eigenvalue weighted by atomic mass is 31.2. The Morgan fingerprint density at radius 2 is 1.97 bits per heavy atom. The molecule has 0 bridgehead atoms. The first-order valence-corrected chi connectivity index (χ1v) is 12.9. The van der Waals surface area contributed by atoms with Gasteiger partial charge in [0.2, 0.25) is 5.91 Å². The molecule has 2 heterocycles. The fourth-order valence-corrected chi connectivity index (χ4v) is 5.11. The first-order chi connectivity index (χ1) is 16.8. The second kappa shape index (κ2) is 11.2. The maximum atomic E-state index is 15.5. The van der Waals surface area contributed by atoms with Crippen LogP contribution < -0.4 is 9.61 Å². The van der Waals surface area contributed by atoms with Gasteiger partial charge in [0.1, 0.15) is 24.0 Å². The summed E-state index contributed by atoms with van der Waals surface area (Å²) in [5.41, 5.74) is -2.44. The Balaban J connectivity index is 1.76. The summed E-state index contributed by atoms with van der Waals surface area (Å²) in [6.07, 6.45) is -3.37. The molecule has 0 aromatic heterocycles. The van der Waals surface area contributed by atoms with Crippen molar-refractivity contribution in [2.75, 3.05) is 6.61 Å². The second-order valence-electron chi connectivity index (χ2n) is 8.92. The van der Waals surface area contributed by atoms with Gasteiger partial charge in [-0.25, -0.2) is 8.96 Å². The lowest BCUT2D eigenvalue weighted by Crippen LogP contribution is -2.51. The molecule has 1 amide bonds. The van der Waals surface area contributed by atoms with E-state index in [0.717, 1.165) is 24.1 Å². The molecule has 0 radical (unpaired) electrons. The second-order valence-corrected chi connectivity index (χ2v) is 10.6. The summed E-state index contributed by atoms with van der Waals surface area (Å²) in [7, 11) is -4.29. The van der Waals surface area contributed by atoms with Gasteiger partial charge in [0.25, 0.3) is 0 Å². The van der Waals surface area contributed by atoms with E-state index in [-0.39, 0.29) is 5.75 Å². The average molecular weight is 528 g/mol. The molecule has 11 nitrogen and oxygen atoms in total. The zero-order valence-corrected chi connectivity index (χ0v) is 21.2. The third-order valence-corrected chi connectivity index (χ3v) is 7.08. The van der Waals surface area contributed by atoms with E-state index in [1.807, 2.05) is 0 Å². The quantitative estimate of drug-likeness (QED) is 0.264. The van der Waals surface area contributed by atoms with Gasteiger partial charge in [-0.3, -0.25) is 23.8 Å². The number of aliphatic hydroxyl groups excluding tert-OH is 1. The number of alkyl halides is 1. The van der Waals surface area contributed by atoms with Crippen LogP contribution in [0.1, 0.15) is 34.1 Å². The molecule has 1 unspecified atom stereocenters. The van der Waals surface area contributed by atoms with Gasteiger partial charge < -0.3 is 19.1 Å². The van der Waals surface area contributed by atoms with Crippen molar-refractivity contribution in [3.8, 4) is 5.75 Å². The summed E-state index contributed by atoms with van der Waals surface area (Å²) in [5.74, 6) is -1.68. The van der Waals surface area contributed by atoms with Crippen LogP contribution in [0.4, 0.5) is 4.39 Å². The first kappa shape index (κ1) is 27.9. The number of benzene rings is 1. The molecular weight excluding hydrogens is 498 g/mol. The SMILES string of the molecule is CC(C)OC(=O)[C@H](C)N[P@](=O)(OCC1O[C@@H](N2C=CC(=O)CC2=O)[C@](C)(F)[C@@H]1O)Oc1ccccc1. The van der Waals surface area contributed by atoms with Crippen LogP contribution in [0, 0.1) is 0 Å². The van der Waals surface area contributed by atoms with Crippen LogP contribution in [0.25, 0.3) is 0 Å². The highest BCUT2D eigenvalue weighted by Crippen LogP contribution is 2.46. The average Bonchev–Trinajstić information content (AvgIpc) is 3.01. The number of amides is 1. The number of carbonyl (C=O) groups excluding carboxylic acids is 3. The summed E-state index contributed by atoms with van der Waals surface area (Å²) >= 11 is 0. The molecule has 1 aromatic carbocycles. The molecule has 0 saturated carbocycles. The number of allylic oxidation sites excluding steroid dienone is 1. The molecule has 0 spiro atoms. The molecule has 2 aliphatic heterocycles. The number of hydrogen-bond acceptors (Lipinski definition) is 9. The van der Waals surface area contributed by atoms with Gasteiger partial charge in [-0.15, -0.1) is 0 Å². The number of nitrogens with one attached hydrogen (secondary N) is 1. The summed E-state index contributed by atoms with van der Waals surface area (Å²) < 4.78 is 50.7. The van der Waals surface area contributed by atoms with Gasteiger partial charge >= 0.3 is 13.7 Å². The minimum absolute atomic E-state index is 0.160. The number of halogens is 1. The van der Waals surface area contributed by atoms with E-state index in [0.29, 0.717) is 0 Å². The van der Waals surface area contributed by atoms with Crippen molar-refractivity contribution in [3.05, 3.63) is 42.6 Å². The maximum Gasteiger partial charge on any atom is 0.459 e. The third kappa shape index (κ3) is 6.57. The molecule has 0 aliphatic carbocycles. The van der Waals surface area contributed by atoms with E-state index in [4.69, 9.17) is 18.5 Å². The highest BCUT2D eigenvalue weighted by Gasteiger charge is 2.57. The van der Waals surface area contributed by atoms with Crippen LogP contribution in [0.5, 0.6) is 5.75 Å². The predicted molar refractivity (Wildman–Crippen MR) is 124 cm³/mol. The maximum absolute atomic E-state index is 15.5. The lowest BCUT2D eigenvalue weighted by atomic mass is 9.97. The minimum Gasteiger partial charge on any atom is -0.462 e. The third-order valence-electron chi connectivity index (χ3n) is 5.44. The zero-order valence-electron chi connectivity index (χ0n) is 20.3. The summed E-state index contributed by atoms with van der Waals surface area (Å²) in [6, 6.07) is 6.90. The summed E-state index contributed by atoms with van der Waals surface area (Å²) in [6.45, 7) is 5.14. The van der Waals surface area contributed by atoms with E-state index in [2.05, 4.69) is 5.09 Å². The minimum atomic E-state index is -4.29. The highest BCUT2D eigenvalue weighted by molar-refractivity contribution is 7.52. The molecule has 6 atom stereocenters. The van der Waals surface area contributed by atoms with Crippen LogP contribution in [0.3, 0.4) is 0 Å². The van der Waals surface area contributed by atoms with Crippen molar-refractivity contribution >= 4 is 25.4 Å². The molecule has 1 saturated heterocycles. The lowest BCUT2D eigenvalue weighted by molar-refractivity contribution is -0.150. The Hall–Kier alpha value is -2.63. The molecule has 3 rings (SSSR count). The van der Waals surface area contributed by atoms with Crippen LogP contribution in [-0.4, -0.2) is 70.5 Å². The van der Waals surface area contributed by atoms with E-state index in [1.54, 1.807) is 32.0 Å². The van der Waals surface area contributed by atoms with Crippen molar-refractivity contribution in [2.45, 2.75) is 70.4 Å². The topological polar surface area (TPSA) is 141 Å². The molecule has 198 valence electrons. The van der Waals surface area contributed by atoms with E-state index in [1.165, 1.54) is 19.1 Å². The van der Waals surface area contributed by atoms with Gasteiger partial charge in [0, 0.05) is 6.20 Å². The van der Waals surface area contributed by atoms with Crippen molar-refractivity contribution in [2.24, 2.45) is 0 Å². The van der Waals surface area contributed by atoms with E-state index in [9.17, 15) is 24.1 Å². The fraction of sp³-hybridized carbons (Fsp3) is 0.522. The molecule has 36 heavy (non-hydrogen) atoms. The molecule has 1 aromatic rings. The predicted octanol–water partition coefficient (Wildman–Crippen LogP) is 2.25. The smallest absolute Gasteiger partial charge is 0.459 e. The Kier molecular flexibility index (Phi) is 8.68. The standard InChI is InChI=1S/C23H30FN2O9P/c1-14(2)33-21(30)15(3)25-36(31,35-17-8-6-5-7-9-17)32-13-18-20(29)23(4,24)22(34-18)26-11-10-16(27)12-19(26)28/h5-11,14-15,18,20,22,29H,12-13H2,1-4H3,(H,25,31)/t15-,18?,20+,22+,23+,36-/m0/s1. The van der Waals surface area contributed by atoms with Crippen LogP contribution in [0.2, 0.25) is 0 Å². The van der Waals surface area contributed by atoms with Crippen molar-refractivity contribution < 1.29 is 47.0 Å².